The molecule has 0 spiro atoms. The minimum absolute atomic E-state index is 0.144. The van der Waals surface area contributed by atoms with Crippen LogP contribution in [0.4, 0.5) is 5.69 Å². The molecule has 25 heavy (non-hydrogen) atoms. The lowest BCUT2D eigenvalue weighted by atomic mass is 10.1. The van der Waals surface area contributed by atoms with Gasteiger partial charge >= 0.3 is 0 Å². The highest BCUT2D eigenvalue weighted by Crippen LogP contribution is 2.21. The summed E-state index contributed by atoms with van der Waals surface area (Å²) < 4.78 is 5.22. The van der Waals surface area contributed by atoms with Crippen molar-refractivity contribution in [1.29, 1.82) is 0 Å². The van der Waals surface area contributed by atoms with E-state index in [-0.39, 0.29) is 6.04 Å². The van der Waals surface area contributed by atoms with Crippen LogP contribution >= 0.6 is 0 Å². The normalized spacial score (nSPS) is 13.0. The summed E-state index contributed by atoms with van der Waals surface area (Å²) in [5.74, 6) is 1.27. The van der Waals surface area contributed by atoms with Crippen molar-refractivity contribution in [1.82, 2.24) is 4.90 Å². The molecular formula is C20H28N4O. The van der Waals surface area contributed by atoms with Gasteiger partial charge in [0, 0.05) is 5.69 Å². The Bertz CT molecular complexity index is 723. The summed E-state index contributed by atoms with van der Waals surface area (Å²) >= 11 is 0. The predicted octanol–water partition coefficient (Wildman–Crippen LogP) is 3.34. The van der Waals surface area contributed by atoms with Crippen molar-refractivity contribution in [2.75, 3.05) is 33.1 Å². The van der Waals surface area contributed by atoms with E-state index in [1.54, 1.807) is 7.11 Å². The number of nitrogens with zero attached hydrogens (tertiary/aromatic N) is 2. The molecule has 2 rings (SSSR count). The summed E-state index contributed by atoms with van der Waals surface area (Å²) in [7, 11) is 5.75. The van der Waals surface area contributed by atoms with Crippen LogP contribution in [0.3, 0.4) is 0 Å². The van der Waals surface area contributed by atoms with E-state index in [2.05, 4.69) is 53.3 Å². The van der Waals surface area contributed by atoms with Gasteiger partial charge in [-0.3, -0.25) is 4.99 Å². The summed E-state index contributed by atoms with van der Waals surface area (Å²) in [6.45, 7) is 4.75. The van der Waals surface area contributed by atoms with Crippen molar-refractivity contribution in [3.8, 4) is 5.75 Å². The molecule has 3 N–H and O–H groups in total. The van der Waals surface area contributed by atoms with Crippen LogP contribution in [0.1, 0.15) is 22.7 Å². The first-order valence-corrected chi connectivity index (χ1v) is 8.35. The Balaban J connectivity index is 2.07. The first-order valence-electron chi connectivity index (χ1n) is 8.35. The maximum absolute atomic E-state index is 6.07. The topological polar surface area (TPSA) is 62.9 Å². The van der Waals surface area contributed by atoms with Crippen LogP contribution in [0, 0.1) is 13.8 Å². The lowest BCUT2D eigenvalue weighted by molar-refractivity contribution is 0.306. The van der Waals surface area contributed by atoms with Crippen molar-refractivity contribution >= 4 is 11.6 Å². The highest BCUT2D eigenvalue weighted by Gasteiger charge is 2.14. The summed E-state index contributed by atoms with van der Waals surface area (Å²) in [5.41, 5.74) is 10.7. The van der Waals surface area contributed by atoms with E-state index in [9.17, 15) is 0 Å². The Morgan fingerprint density at radius 1 is 1.12 bits per heavy atom. The van der Waals surface area contributed by atoms with Gasteiger partial charge in [-0.25, -0.2) is 0 Å². The molecule has 0 bridgehead atoms. The molecular weight excluding hydrogens is 312 g/mol. The average molecular weight is 340 g/mol. The van der Waals surface area contributed by atoms with Gasteiger partial charge in [0.05, 0.1) is 19.7 Å². The number of likely N-dealkylation sites (N-methyl/N-ethyl adjacent to an activating group) is 1. The van der Waals surface area contributed by atoms with Crippen LogP contribution in [0.25, 0.3) is 0 Å². The maximum atomic E-state index is 6.07. The number of anilines is 1. The van der Waals surface area contributed by atoms with Crippen LogP contribution in [0.15, 0.2) is 47.5 Å². The number of guanidine groups is 1. The van der Waals surface area contributed by atoms with Gasteiger partial charge < -0.3 is 20.7 Å². The van der Waals surface area contributed by atoms with Crippen molar-refractivity contribution in [3.63, 3.8) is 0 Å². The molecule has 0 heterocycles. The third-order valence-corrected chi connectivity index (χ3v) is 4.34. The van der Waals surface area contributed by atoms with Gasteiger partial charge in [-0.1, -0.05) is 18.2 Å². The molecule has 5 heteroatoms. The number of methoxy groups -OCH3 is 1. The second-order valence-electron chi connectivity index (χ2n) is 6.40. The van der Waals surface area contributed by atoms with Gasteiger partial charge in [-0.15, -0.1) is 0 Å². The second-order valence-corrected chi connectivity index (χ2v) is 6.40. The smallest absolute Gasteiger partial charge is 0.193 e. The molecule has 2 aromatic carbocycles. The molecule has 0 saturated carbocycles. The molecule has 0 aromatic heterocycles. The predicted molar refractivity (Wildman–Crippen MR) is 105 cm³/mol. The highest BCUT2D eigenvalue weighted by atomic mass is 16.5. The molecule has 5 nitrogen and oxygen atoms in total. The number of hydrogen-bond acceptors (Lipinski definition) is 3. The Kier molecular flexibility index (Phi) is 6.42. The Morgan fingerprint density at radius 2 is 1.80 bits per heavy atom. The van der Waals surface area contributed by atoms with Gasteiger partial charge in [0.2, 0.25) is 0 Å². The molecule has 0 aliphatic rings. The summed E-state index contributed by atoms with van der Waals surface area (Å²) in [5, 5.41) is 3.16. The highest BCUT2D eigenvalue weighted by molar-refractivity contribution is 5.92. The number of nitrogens with two attached hydrogens (primary N) is 1. The standard InChI is InChI=1S/C20H28N4O/c1-14-6-9-17(12-15(14)2)23-20(21)22-13-19(24(3)4)16-7-10-18(25-5)11-8-16/h6-12,19H,13H2,1-5H3,(H3,21,22,23). The second kappa shape index (κ2) is 8.53. The average Bonchev–Trinajstić information content (AvgIpc) is 2.58. The molecule has 0 radical (unpaired) electrons. The van der Waals surface area contributed by atoms with Gasteiger partial charge in [-0.05, 0) is 68.9 Å². The minimum Gasteiger partial charge on any atom is -0.497 e. The van der Waals surface area contributed by atoms with Crippen LogP contribution in [0.2, 0.25) is 0 Å². The minimum atomic E-state index is 0.144. The van der Waals surface area contributed by atoms with E-state index in [1.165, 1.54) is 16.7 Å². The zero-order valence-electron chi connectivity index (χ0n) is 15.7. The van der Waals surface area contributed by atoms with E-state index < -0.39 is 0 Å². The molecule has 134 valence electrons. The monoisotopic (exact) mass is 340 g/mol. The largest absolute Gasteiger partial charge is 0.497 e. The first kappa shape index (κ1) is 18.8. The summed E-state index contributed by atoms with van der Waals surface area (Å²) in [6.07, 6.45) is 0. The van der Waals surface area contributed by atoms with Crippen LogP contribution in [-0.4, -0.2) is 38.6 Å². The molecule has 2 aromatic rings. The summed E-state index contributed by atoms with van der Waals surface area (Å²) in [6, 6.07) is 14.4. The molecule has 0 fully saturated rings. The Morgan fingerprint density at radius 3 is 2.36 bits per heavy atom. The van der Waals surface area contributed by atoms with E-state index in [4.69, 9.17) is 10.5 Å². The summed E-state index contributed by atoms with van der Waals surface area (Å²) in [4.78, 5) is 6.66. The van der Waals surface area contributed by atoms with Gasteiger partial charge in [0.25, 0.3) is 0 Å². The van der Waals surface area contributed by atoms with Crippen molar-refractivity contribution < 1.29 is 4.74 Å². The van der Waals surface area contributed by atoms with Gasteiger partial charge in [0.15, 0.2) is 5.96 Å². The van der Waals surface area contributed by atoms with Crippen molar-refractivity contribution in [3.05, 3.63) is 59.2 Å². The number of rotatable bonds is 6. The number of benzene rings is 2. The SMILES string of the molecule is COc1ccc(C(CN=C(N)Nc2ccc(C)c(C)c2)N(C)C)cc1. The maximum Gasteiger partial charge on any atom is 0.193 e. The number of aliphatic imine (C=N–C) groups is 1. The zero-order chi connectivity index (χ0) is 18.4. The molecule has 0 aliphatic carbocycles. The van der Waals surface area contributed by atoms with Crippen LogP contribution in [-0.2, 0) is 0 Å². The fourth-order valence-electron chi connectivity index (χ4n) is 2.58. The van der Waals surface area contributed by atoms with Crippen LogP contribution < -0.4 is 15.8 Å². The van der Waals surface area contributed by atoms with E-state index in [0.29, 0.717) is 12.5 Å². The third-order valence-electron chi connectivity index (χ3n) is 4.34. The zero-order valence-corrected chi connectivity index (χ0v) is 15.7. The Labute approximate surface area is 150 Å². The fourth-order valence-corrected chi connectivity index (χ4v) is 2.58. The van der Waals surface area contributed by atoms with Crippen molar-refractivity contribution in [2.24, 2.45) is 10.7 Å². The fraction of sp³-hybridized carbons (Fsp3) is 0.350. The first-order chi connectivity index (χ1) is 11.9. The number of hydrogen-bond donors (Lipinski definition) is 2. The number of ether oxygens (including phenoxy) is 1. The van der Waals surface area contributed by atoms with E-state index in [0.717, 1.165) is 11.4 Å². The third kappa shape index (κ3) is 5.22. The lowest BCUT2D eigenvalue weighted by Gasteiger charge is -2.23. The van der Waals surface area contributed by atoms with E-state index >= 15 is 0 Å². The Hall–Kier alpha value is -2.53. The van der Waals surface area contributed by atoms with Gasteiger partial charge in [0.1, 0.15) is 5.75 Å². The van der Waals surface area contributed by atoms with Crippen LogP contribution in [0.5, 0.6) is 5.75 Å². The molecule has 0 amide bonds. The van der Waals surface area contributed by atoms with E-state index in [1.807, 2.05) is 32.3 Å². The van der Waals surface area contributed by atoms with Gasteiger partial charge in [-0.2, -0.15) is 0 Å². The molecule has 1 unspecified atom stereocenters. The lowest BCUT2D eigenvalue weighted by Crippen LogP contribution is -2.27. The number of aryl methyl sites for hydroxylation is 2. The quantitative estimate of drug-likeness (QED) is 0.625. The van der Waals surface area contributed by atoms with Crippen molar-refractivity contribution in [2.45, 2.75) is 19.9 Å². The molecule has 0 aliphatic heterocycles. The molecule has 1 atom stereocenters. The molecule has 0 saturated heterocycles. The number of nitrogens with one attached hydrogen (secondary N) is 1.